The minimum Gasteiger partial charge on any atom is -0.456 e. The number of hydrogen-bond donors (Lipinski definition) is 0. The molecular formula is C62H36N4O. The summed E-state index contributed by atoms with van der Waals surface area (Å²) in [5, 5.41) is 14.1. The molecule has 0 aliphatic carbocycles. The van der Waals surface area contributed by atoms with E-state index in [-0.39, 0.29) is 0 Å². The molecule has 310 valence electrons. The summed E-state index contributed by atoms with van der Waals surface area (Å²) in [6.45, 7) is 0. The van der Waals surface area contributed by atoms with E-state index in [2.05, 4.69) is 197 Å². The van der Waals surface area contributed by atoms with Gasteiger partial charge in [-0.1, -0.05) is 127 Å². The Kier molecular flexibility index (Phi) is 7.44. The van der Waals surface area contributed by atoms with Crippen molar-refractivity contribution in [1.29, 1.82) is 0 Å². The van der Waals surface area contributed by atoms with E-state index in [0.717, 1.165) is 88.7 Å². The van der Waals surface area contributed by atoms with Gasteiger partial charge in [-0.05, 0) is 118 Å². The van der Waals surface area contributed by atoms with Crippen LogP contribution in [0.1, 0.15) is 0 Å². The number of furan rings is 1. The second kappa shape index (κ2) is 13.7. The zero-order valence-electron chi connectivity index (χ0n) is 36.0. The van der Waals surface area contributed by atoms with E-state index in [1.54, 1.807) is 0 Å². The SMILES string of the molecule is c1ccc2cc3c(cc2c1)c1ccccc1n3-c1ccc2c3cc4ccccc4cc3n(-c3cc(-c4nc5ccccc5nc4-c4ccc5oc6ccccc6c5c4)cc4ccccc34)c2c1. The van der Waals surface area contributed by atoms with Gasteiger partial charge in [-0.3, -0.25) is 0 Å². The minimum absolute atomic E-state index is 0.821. The summed E-state index contributed by atoms with van der Waals surface area (Å²) in [5.74, 6) is 0. The van der Waals surface area contributed by atoms with Crippen molar-refractivity contribution in [3.05, 3.63) is 218 Å². The lowest BCUT2D eigenvalue weighted by Gasteiger charge is -2.17. The van der Waals surface area contributed by atoms with Gasteiger partial charge in [0.25, 0.3) is 0 Å². The van der Waals surface area contributed by atoms with Gasteiger partial charge in [0.2, 0.25) is 0 Å². The van der Waals surface area contributed by atoms with E-state index in [1.165, 1.54) is 54.1 Å². The molecule has 0 radical (unpaired) electrons. The van der Waals surface area contributed by atoms with Crippen LogP contribution >= 0.6 is 0 Å². The highest BCUT2D eigenvalue weighted by atomic mass is 16.3. The van der Waals surface area contributed by atoms with Gasteiger partial charge in [-0.2, -0.15) is 0 Å². The molecule has 0 saturated heterocycles. The van der Waals surface area contributed by atoms with Gasteiger partial charge < -0.3 is 13.6 Å². The highest BCUT2D eigenvalue weighted by Crippen LogP contribution is 2.43. The molecule has 11 aromatic carbocycles. The smallest absolute Gasteiger partial charge is 0.135 e. The average molecular weight is 853 g/mol. The van der Waals surface area contributed by atoms with Crippen LogP contribution in [-0.4, -0.2) is 19.1 Å². The van der Waals surface area contributed by atoms with Gasteiger partial charge in [0, 0.05) is 54.5 Å². The molecule has 0 bridgehead atoms. The molecule has 15 rings (SSSR count). The Balaban J connectivity index is 1.03. The van der Waals surface area contributed by atoms with Crippen molar-refractivity contribution in [3.8, 4) is 33.9 Å². The lowest BCUT2D eigenvalue weighted by atomic mass is 9.98. The van der Waals surface area contributed by atoms with Crippen LogP contribution < -0.4 is 0 Å². The molecule has 0 atom stereocenters. The average Bonchev–Trinajstić information content (AvgIpc) is 4.03. The molecule has 5 heteroatoms. The van der Waals surface area contributed by atoms with Crippen molar-refractivity contribution in [2.75, 3.05) is 0 Å². The third-order valence-corrected chi connectivity index (χ3v) is 14.0. The van der Waals surface area contributed by atoms with Crippen LogP contribution in [0.5, 0.6) is 0 Å². The minimum atomic E-state index is 0.821. The quantitative estimate of drug-likeness (QED) is 0.177. The second-order valence-electron chi connectivity index (χ2n) is 17.8. The van der Waals surface area contributed by atoms with Gasteiger partial charge in [0.05, 0.1) is 50.2 Å². The van der Waals surface area contributed by atoms with E-state index >= 15 is 0 Å². The van der Waals surface area contributed by atoms with Crippen molar-refractivity contribution in [3.63, 3.8) is 0 Å². The Morgan fingerprint density at radius 2 is 0.836 bits per heavy atom. The molecular weight excluding hydrogens is 817 g/mol. The van der Waals surface area contributed by atoms with E-state index < -0.39 is 0 Å². The van der Waals surface area contributed by atoms with E-state index in [1.807, 2.05) is 30.3 Å². The molecule has 4 aromatic heterocycles. The molecule has 0 aliphatic heterocycles. The Labute approximate surface area is 383 Å². The monoisotopic (exact) mass is 852 g/mol. The standard InChI is InChI=1S/C62H36N4O/c1-3-15-39-33-56-49(30-37(39)13-1)46-19-7-11-23-54(46)65(56)44-26-27-47-50-31-38-14-2-4-16-40(38)34-57(50)66(58(47)36-44)55-35-43(29-41-17-5-6-18-45(41)55)62-61(63-52-21-9-10-22-53(52)64-62)42-25-28-60-51(32-42)48-20-8-12-24-59(48)67-60/h1-36H. The van der Waals surface area contributed by atoms with Gasteiger partial charge in [-0.15, -0.1) is 0 Å². The van der Waals surface area contributed by atoms with Crippen LogP contribution in [-0.2, 0) is 0 Å². The number of nitrogens with zero attached hydrogens (tertiary/aromatic N) is 4. The highest BCUT2D eigenvalue weighted by molar-refractivity contribution is 6.17. The first kappa shape index (κ1) is 36.3. The molecule has 0 spiro atoms. The number of hydrogen-bond acceptors (Lipinski definition) is 3. The van der Waals surface area contributed by atoms with Crippen LogP contribution in [0.15, 0.2) is 223 Å². The van der Waals surface area contributed by atoms with Gasteiger partial charge in [0.1, 0.15) is 11.2 Å². The van der Waals surface area contributed by atoms with E-state index in [9.17, 15) is 0 Å². The number of rotatable bonds is 4. The highest BCUT2D eigenvalue weighted by Gasteiger charge is 2.22. The maximum Gasteiger partial charge on any atom is 0.135 e. The summed E-state index contributed by atoms with van der Waals surface area (Å²) >= 11 is 0. The maximum absolute atomic E-state index is 6.28. The summed E-state index contributed by atoms with van der Waals surface area (Å²) in [7, 11) is 0. The summed E-state index contributed by atoms with van der Waals surface area (Å²) in [6, 6.07) is 78.8. The molecule has 0 unspecified atom stereocenters. The second-order valence-corrected chi connectivity index (χ2v) is 17.8. The van der Waals surface area contributed by atoms with E-state index in [0.29, 0.717) is 0 Å². The van der Waals surface area contributed by atoms with Crippen LogP contribution in [0.4, 0.5) is 0 Å². The lowest BCUT2D eigenvalue weighted by Crippen LogP contribution is -2.00. The van der Waals surface area contributed by atoms with Crippen LogP contribution in [0.2, 0.25) is 0 Å². The molecule has 0 fully saturated rings. The summed E-state index contributed by atoms with van der Waals surface area (Å²) < 4.78 is 11.2. The zero-order chi connectivity index (χ0) is 43.7. The first-order chi connectivity index (χ1) is 33.2. The summed E-state index contributed by atoms with van der Waals surface area (Å²) in [4.78, 5) is 10.9. The third kappa shape index (κ3) is 5.37. The van der Waals surface area contributed by atoms with Crippen molar-refractivity contribution in [2.24, 2.45) is 0 Å². The van der Waals surface area contributed by atoms with Crippen LogP contribution in [0.3, 0.4) is 0 Å². The zero-order valence-corrected chi connectivity index (χ0v) is 36.0. The number of aromatic nitrogens is 4. The third-order valence-electron chi connectivity index (χ3n) is 14.0. The fraction of sp³-hybridized carbons (Fsp3) is 0. The molecule has 0 aliphatic rings. The molecule has 0 amide bonds. The van der Waals surface area contributed by atoms with Gasteiger partial charge >= 0.3 is 0 Å². The summed E-state index contributed by atoms with van der Waals surface area (Å²) in [5.41, 5.74) is 13.8. The van der Waals surface area contributed by atoms with Crippen molar-refractivity contribution in [2.45, 2.75) is 0 Å². The van der Waals surface area contributed by atoms with Crippen molar-refractivity contribution >= 4 is 109 Å². The molecule has 15 aromatic rings. The molecule has 67 heavy (non-hydrogen) atoms. The van der Waals surface area contributed by atoms with Crippen molar-refractivity contribution in [1.82, 2.24) is 19.1 Å². The van der Waals surface area contributed by atoms with Crippen LogP contribution in [0.25, 0.3) is 143 Å². The first-order valence-electron chi connectivity index (χ1n) is 22.8. The fourth-order valence-electron chi connectivity index (χ4n) is 10.9. The molecule has 5 nitrogen and oxygen atoms in total. The van der Waals surface area contributed by atoms with E-state index in [4.69, 9.17) is 14.4 Å². The van der Waals surface area contributed by atoms with Gasteiger partial charge in [0.15, 0.2) is 0 Å². The largest absolute Gasteiger partial charge is 0.456 e. The Bertz CT molecular complexity index is 4590. The topological polar surface area (TPSA) is 48.8 Å². The van der Waals surface area contributed by atoms with Gasteiger partial charge in [-0.25, -0.2) is 9.97 Å². The van der Waals surface area contributed by atoms with Crippen LogP contribution in [0, 0.1) is 0 Å². The number of para-hydroxylation sites is 4. The molecule has 0 N–H and O–H groups in total. The normalized spacial score (nSPS) is 12.2. The molecule has 4 heterocycles. The predicted molar refractivity (Wildman–Crippen MR) is 279 cm³/mol. The predicted octanol–water partition coefficient (Wildman–Crippen LogP) is 16.5. The maximum atomic E-state index is 6.28. The Morgan fingerprint density at radius 3 is 1.57 bits per heavy atom. The molecule has 0 saturated carbocycles. The number of fused-ring (bicyclic) bond motifs is 13. The lowest BCUT2D eigenvalue weighted by molar-refractivity contribution is 0.669. The number of benzene rings is 11. The Morgan fingerprint density at radius 1 is 0.299 bits per heavy atom. The first-order valence-corrected chi connectivity index (χ1v) is 22.8. The van der Waals surface area contributed by atoms with Crippen molar-refractivity contribution < 1.29 is 4.42 Å². The fourth-order valence-corrected chi connectivity index (χ4v) is 10.9. The summed E-state index contributed by atoms with van der Waals surface area (Å²) in [6.07, 6.45) is 0. The Hall–Kier alpha value is -9.06.